The van der Waals surface area contributed by atoms with E-state index < -0.39 is 5.97 Å². The van der Waals surface area contributed by atoms with Gasteiger partial charge in [0.2, 0.25) is 5.76 Å². The summed E-state index contributed by atoms with van der Waals surface area (Å²) < 4.78 is 25.9. The number of esters is 1. The average Bonchev–Trinajstić information content (AvgIpc) is 3.39. The molecule has 154 valence electrons. The molecule has 0 radical (unpaired) electrons. The van der Waals surface area contributed by atoms with Crippen molar-refractivity contribution in [2.24, 2.45) is 0 Å². The lowest BCUT2D eigenvalue weighted by molar-refractivity contribution is 0.0563. The SMILES string of the molecule is CCc1cc2c(=O)n(Cc3ccc(C(=O)OC)o3)c(Cc3ccccc3F)nc2s1. The van der Waals surface area contributed by atoms with Crippen molar-refractivity contribution >= 4 is 27.5 Å². The van der Waals surface area contributed by atoms with Crippen molar-refractivity contribution in [3.05, 3.63) is 86.4 Å². The molecule has 30 heavy (non-hydrogen) atoms. The Bertz CT molecular complexity index is 1290. The second kappa shape index (κ2) is 8.23. The van der Waals surface area contributed by atoms with Crippen molar-refractivity contribution in [1.82, 2.24) is 9.55 Å². The number of aryl methyl sites for hydroxylation is 1. The number of carbonyl (C=O) groups is 1. The smallest absolute Gasteiger partial charge is 0.373 e. The van der Waals surface area contributed by atoms with E-state index in [1.807, 2.05) is 13.0 Å². The molecule has 0 saturated heterocycles. The Kier molecular flexibility index (Phi) is 5.50. The largest absolute Gasteiger partial charge is 0.463 e. The van der Waals surface area contributed by atoms with E-state index >= 15 is 0 Å². The predicted molar refractivity (Wildman–Crippen MR) is 112 cm³/mol. The van der Waals surface area contributed by atoms with Crippen LogP contribution in [-0.2, 0) is 24.1 Å². The topological polar surface area (TPSA) is 74.3 Å². The predicted octanol–water partition coefficient (Wildman–Crippen LogP) is 4.18. The number of furan rings is 1. The number of ether oxygens (including phenoxy) is 1. The lowest BCUT2D eigenvalue weighted by Gasteiger charge is -2.12. The van der Waals surface area contributed by atoms with Crippen LogP contribution >= 0.6 is 11.3 Å². The van der Waals surface area contributed by atoms with Crippen molar-refractivity contribution in [2.75, 3.05) is 7.11 Å². The fraction of sp³-hybridized carbons (Fsp3) is 0.227. The summed E-state index contributed by atoms with van der Waals surface area (Å²) in [7, 11) is 1.27. The highest BCUT2D eigenvalue weighted by molar-refractivity contribution is 7.18. The summed E-state index contributed by atoms with van der Waals surface area (Å²) >= 11 is 1.46. The summed E-state index contributed by atoms with van der Waals surface area (Å²) in [5.41, 5.74) is 0.220. The maximum Gasteiger partial charge on any atom is 0.373 e. The van der Waals surface area contributed by atoms with E-state index in [1.165, 1.54) is 35.1 Å². The van der Waals surface area contributed by atoms with Crippen LogP contribution in [-0.4, -0.2) is 22.6 Å². The first-order valence-electron chi connectivity index (χ1n) is 9.42. The maximum absolute atomic E-state index is 14.3. The Morgan fingerprint density at radius 3 is 2.80 bits per heavy atom. The molecule has 6 nitrogen and oxygen atoms in total. The molecule has 1 aromatic carbocycles. The lowest BCUT2D eigenvalue weighted by atomic mass is 10.1. The quantitative estimate of drug-likeness (QED) is 0.433. The molecule has 0 atom stereocenters. The Morgan fingerprint density at radius 2 is 2.07 bits per heavy atom. The Labute approximate surface area is 175 Å². The van der Waals surface area contributed by atoms with Gasteiger partial charge in [0, 0.05) is 11.3 Å². The van der Waals surface area contributed by atoms with Crippen LogP contribution in [0.15, 0.2) is 51.7 Å². The van der Waals surface area contributed by atoms with Crippen molar-refractivity contribution < 1.29 is 18.3 Å². The Hall–Kier alpha value is -3.26. The molecule has 0 saturated carbocycles. The molecule has 0 aliphatic rings. The summed E-state index contributed by atoms with van der Waals surface area (Å²) in [6.07, 6.45) is 0.950. The molecule has 0 aliphatic heterocycles. The van der Waals surface area contributed by atoms with Gasteiger partial charge in [-0.15, -0.1) is 11.3 Å². The number of hydrogen-bond donors (Lipinski definition) is 0. The van der Waals surface area contributed by atoms with Crippen LogP contribution in [0.3, 0.4) is 0 Å². The first kappa shape index (κ1) is 20.0. The van der Waals surface area contributed by atoms with Gasteiger partial charge in [-0.2, -0.15) is 0 Å². The standard InChI is InChI=1S/C22H19FN2O4S/c1-3-15-11-16-20(30-15)24-19(10-13-6-4-5-7-17(13)23)25(21(16)26)12-14-8-9-18(29-14)22(27)28-2/h4-9,11H,3,10,12H2,1-2H3. The molecule has 0 spiro atoms. The van der Waals surface area contributed by atoms with E-state index in [9.17, 15) is 14.0 Å². The summed E-state index contributed by atoms with van der Waals surface area (Å²) in [4.78, 5) is 31.3. The molecule has 0 aliphatic carbocycles. The number of nitrogens with zero attached hydrogens (tertiary/aromatic N) is 2. The van der Waals surface area contributed by atoms with Crippen molar-refractivity contribution in [3.63, 3.8) is 0 Å². The molecule has 3 heterocycles. The molecule has 4 aromatic rings. The number of methoxy groups -OCH3 is 1. The van der Waals surface area contributed by atoms with Gasteiger partial charge in [0.25, 0.3) is 5.56 Å². The van der Waals surface area contributed by atoms with Gasteiger partial charge in [-0.25, -0.2) is 14.2 Å². The van der Waals surface area contributed by atoms with Gasteiger partial charge < -0.3 is 9.15 Å². The lowest BCUT2D eigenvalue weighted by Crippen LogP contribution is -2.25. The third-order valence-electron chi connectivity index (χ3n) is 4.80. The van der Waals surface area contributed by atoms with E-state index in [2.05, 4.69) is 9.72 Å². The van der Waals surface area contributed by atoms with Crippen molar-refractivity contribution in [3.8, 4) is 0 Å². The van der Waals surface area contributed by atoms with Crippen LogP contribution in [0.5, 0.6) is 0 Å². The van der Waals surface area contributed by atoms with Gasteiger partial charge in [0.15, 0.2) is 0 Å². The number of benzene rings is 1. The monoisotopic (exact) mass is 426 g/mol. The summed E-state index contributed by atoms with van der Waals surface area (Å²) in [5, 5.41) is 0.522. The van der Waals surface area contributed by atoms with Crippen LogP contribution < -0.4 is 5.56 Å². The zero-order valence-corrected chi connectivity index (χ0v) is 17.3. The van der Waals surface area contributed by atoms with Gasteiger partial charge in [-0.3, -0.25) is 9.36 Å². The van der Waals surface area contributed by atoms with Gasteiger partial charge in [0.1, 0.15) is 22.2 Å². The molecule has 0 unspecified atom stereocenters. The molecule has 0 fully saturated rings. The molecular formula is C22H19FN2O4S. The molecule has 0 bridgehead atoms. The summed E-state index contributed by atoms with van der Waals surface area (Å²) in [5.74, 6) is -0.0736. The molecular weight excluding hydrogens is 407 g/mol. The minimum atomic E-state index is -0.598. The summed E-state index contributed by atoms with van der Waals surface area (Å²) in [6, 6.07) is 11.4. The number of carbonyl (C=O) groups excluding carboxylic acids is 1. The molecule has 3 aromatic heterocycles. The van der Waals surface area contributed by atoms with Gasteiger partial charge in [-0.1, -0.05) is 25.1 Å². The van der Waals surface area contributed by atoms with E-state index in [0.29, 0.717) is 27.4 Å². The van der Waals surface area contributed by atoms with Crippen LogP contribution in [0.25, 0.3) is 10.2 Å². The van der Waals surface area contributed by atoms with E-state index in [0.717, 1.165) is 11.3 Å². The van der Waals surface area contributed by atoms with Gasteiger partial charge >= 0.3 is 5.97 Å². The zero-order valence-electron chi connectivity index (χ0n) is 16.5. The first-order valence-corrected chi connectivity index (χ1v) is 10.2. The minimum absolute atomic E-state index is 0.0500. The fourth-order valence-electron chi connectivity index (χ4n) is 3.22. The maximum atomic E-state index is 14.3. The van der Waals surface area contributed by atoms with Crippen molar-refractivity contribution in [2.45, 2.75) is 26.3 Å². The van der Waals surface area contributed by atoms with E-state index in [-0.39, 0.29) is 30.1 Å². The second-order valence-electron chi connectivity index (χ2n) is 6.73. The van der Waals surface area contributed by atoms with E-state index in [4.69, 9.17) is 4.42 Å². The third-order valence-corrected chi connectivity index (χ3v) is 5.97. The first-order chi connectivity index (χ1) is 14.5. The summed E-state index contributed by atoms with van der Waals surface area (Å²) in [6.45, 7) is 2.08. The third kappa shape index (κ3) is 3.78. The number of fused-ring (bicyclic) bond motifs is 1. The highest BCUT2D eigenvalue weighted by Gasteiger charge is 2.18. The fourth-order valence-corrected chi connectivity index (χ4v) is 4.20. The number of thiophene rings is 1. The Balaban J connectivity index is 1.81. The Morgan fingerprint density at radius 1 is 1.27 bits per heavy atom. The zero-order chi connectivity index (χ0) is 21.3. The molecule has 4 rings (SSSR count). The molecule has 0 amide bonds. The number of rotatable bonds is 6. The van der Waals surface area contributed by atoms with E-state index in [1.54, 1.807) is 24.3 Å². The minimum Gasteiger partial charge on any atom is -0.463 e. The van der Waals surface area contributed by atoms with Crippen LogP contribution in [0.1, 0.15) is 39.5 Å². The number of hydrogen-bond acceptors (Lipinski definition) is 6. The van der Waals surface area contributed by atoms with Gasteiger partial charge in [-0.05, 0) is 36.2 Å². The van der Waals surface area contributed by atoms with Crippen LogP contribution in [0, 0.1) is 5.82 Å². The second-order valence-corrected chi connectivity index (χ2v) is 7.85. The highest BCUT2D eigenvalue weighted by atomic mass is 32.1. The normalized spacial score (nSPS) is 11.2. The van der Waals surface area contributed by atoms with Gasteiger partial charge in [0.05, 0.1) is 19.0 Å². The molecule has 0 N–H and O–H groups in total. The number of halogens is 1. The highest BCUT2D eigenvalue weighted by Crippen LogP contribution is 2.24. The molecule has 8 heteroatoms. The average molecular weight is 426 g/mol. The van der Waals surface area contributed by atoms with Crippen molar-refractivity contribution in [1.29, 1.82) is 0 Å². The van der Waals surface area contributed by atoms with Crippen LogP contribution in [0.2, 0.25) is 0 Å². The van der Waals surface area contributed by atoms with Crippen LogP contribution in [0.4, 0.5) is 4.39 Å². The number of aromatic nitrogens is 2.